The standard InChI is InChI=1S/C38H44BrN3O7Si/c1-24-35(50(3,4)30-14-12-29(47-2)13-15-30)33(21-34(44)40-17-5-6-28(40)23-43)49-38(24)31-20-26(39)9-16-32(31)42(36(38)45)22-25-7-10-27(11-8-25)41-18-19-48-37(41)46/h7-16,20,24,28,33,35,43H,5-6,17-19,21-23H2,1-4H3/t24-,28+,33+,35-,38+/m1/s1. The van der Waals surface area contributed by atoms with E-state index in [0.717, 1.165) is 45.6 Å². The van der Waals surface area contributed by atoms with Crippen LogP contribution in [0.15, 0.2) is 71.2 Å². The normalized spacial score (nSPS) is 26.2. The van der Waals surface area contributed by atoms with Crippen molar-refractivity contribution in [3.05, 3.63) is 82.3 Å². The topological polar surface area (TPSA) is 109 Å². The number of cyclic esters (lactones) is 1. The lowest BCUT2D eigenvalue weighted by molar-refractivity contribution is -0.150. The molecule has 3 fully saturated rings. The van der Waals surface area contributed by atoms with Gasteiger partial charge in [0.25, 0.3) is 5.91 Å². The van der Waals surface area contributed by atoms with Gasteiger partial charge < -0.3 is 29.1 Å². The van der Waals surface area contributed by atoms with Gasteiger partial charge in [0.05, 0.1) is 59.1 Å². The van der Waals surface area contributed by atoms with Crippen LogP contribution >= 0.6 is 15.9 Å². The summed E-state index contributed by atoms with van der Waals surface area (Å²) < 4.78 is 18.6. The number of nitrogens with zero attached hydrogens (tertiary/aromatic N) is 3. The molecule has 10 nitrogen and oxygen atoms in total. The minimum atomic E-state index is -2.44. The second-order valence-electron chi connectivity index (χ2n) is 14.4. The summed E-state index contributed by atoms with van der Waals surface area (Å²) in [4.78, 5) is 46.4. The molecule has 3 amide bonds. The van der Waals surface area contributed by atoms with Crippen LogP contribution in [0.3, 0.4) is 0 Å². The molecule has 3 saturated heterocycles. The van der Waals surface area contributed by atoms with E-state index in [0.29, 0.717) is 26.2 Å². The molecule has 1 spiro atoms. The van der Waals surface area contributed by atoms with Crippen molar-refractivity contribution in [2.75, 3.05) is 43.2 Å². The molecule has 0 radical (unpaired) electrons. The Morgan fingerprint density at radius 3 is 2.46 bits per heavy atom. The molecule has 4 heterocycles. The predicted molar refractivity (Wildman–Crippen MR) is 196 cm³/mol. The van der Waals surface area contributed by atoms with E-state index >= 15 is 4.79 Å². The molecular formula is C38H44BrN3O7Si. The molecule has 50 heavy (non-hydrogen) atoms. The summed E-state index contributed by atoms with van der Waals surface area (Å²) >= 11 is 3.67. The molecule has 0 bridgehead atoms. The zero-order valence-electron chi connectivity index (χ0n) is 28.9. The molecule has 4 aliphatic heterocycles. The second kappa shape index (κ2) is 13.4. The van der Waals surface area contributed by atoms with Crippen molar-refractivity contribution in [1.82, 2.24) is 4.90 Å². The number of aliphatic hydroxyl groups is 1. The lowest BCUT2D eigenvalue weighted by Crippen LogP contribution is -2.52. The van der Waals surface area contributed by atoms with Gasteiger partial charge in [-0.15, -0.1) is 0 Å². The Morgan fingerprint density at radius 1 is 1.06 bits per heavy atom. The monoisotopic (exact) mass is 761 g/mol. The van der Waals surface area contributed by atoms with Crippen LogP contribution in [0, 0.1) is 5.92 Å². The molecule has 4 aliphatic rings. The molecule has 1 N–H and O–H groups in total. The number of rotatable bonds is 9. The maximum atomic E-state index is 15.1. The Bertz CT molecular complexity index is 1790. The highest BCUT2D eigenvalue weighted by molar-refractivity contribution is 9.10. The van der Waals surface area contributed by atoms with E-state index in [9.17, 15) is 14.7 Å². The van der Waals surface area contributed by atoms with E-state index in [2.05, 4.69) is 48.1 Å². The van der Waals surface area contributed by atoms with Crippen LogP contribution < -0.4 is 19.7 Å². The van der Waals surface area contributed by atoms with Gasteiger partial charge in [-0.1, -0.05) is 65.4 Å². The first-order valence-corrected chi connectivity index (χ1v) is 21.2. The summed E-state index contributed by atoms with van der Waals surface area (Å²) in [7, 11) is -0.793. The lowest BCUT2D eigenvalue weighted by Gasteiger charge is -2.37. The third kappa shape index (κ3) is 5.74. The van der Waals surface area contributed by atoms with Crippen LogP contribution in [0.2, 0.25) is 18.6 Å². The summed E-state index contributed by atoms with van der Waals surface area (Å²) in [5.41, 5.74) is 1.85. The first-order chi connectivity index (χ1) is 24.0. The van der Waals surface area contributed by atoms with E-state index < -0.39 is 19.8 Å². The Labute approximate surface area is 302 Å². The van der Waals surface area contributed by atoms with E-state index in [1.54, 1.807) is 16.9 Å². The molecule has 0 aliphatic carbocycles. The van der Waals surface area contributed by atoms with Crippen LogP contribution in [0.5, 0.6) is 5.75 Å². The number of likely N-dealkylation sites (tertiary alicyclic amines) is 1. The highest BCUT2D eigenvalue weighted by Gasteiger charge is 2.66. The molecule has 3 aromatic rings. The minimum absolute atomic E-state index is 0.0425. The molecule has 5 atom stereocenters. The number of hydrogen-bond acceptors (Lipinski definition) is 7. The van der Waals surface area contributed by atoms with Crippen LogP contribution in [-0.2, 0) is 31.2 Å². The predicted octanol–water partition coefficient (Wildman–Crippen LogP) is 5.55. The number of carbonyl (C=O) groups is 3. The number of amides is 3. The Balaban J connectivity index is 1.26. The summed E-state index contributed by atoms with van der Waals surface area (Å²) in [5.74, 6) is 0.332. The van der Waals surface area contributed by atoms with E-state index in [-0.39, 0.29) is 48.4 Å². The molecular weight excluding hydrogens is 718 g/mol. The SMILES string of the molecule is COc1ccc([Si](C)(C)[C@H]2[C@H](CC(=O)N3CCC[C@H]3CO)O[C@@]3(C(=O)N(Cc4ccc(N5CCOC5=O)cc4)c4ccc(Br)cc43)[C@@H]2C)cc1. The van der Waals surface area contributed by atoms with E-state index in [1.165, 1.54) is 5.19 Å². The zero-order chi connectivity index (χ0) is 35.4. The fourth-order valence-electron chi connectivity index (χ4n) is 8.88. The number of ether oxygens (including phenoxy) is 3. The maximum absolute atomic E-state index is 15.1. The first-order valence-electron chi connectivity index (χ1n) is 17.4. The molecule has 0 unspecified atom stereocenters. The smallest absolute Gasteiger partial charge is 0.414 e. The quantitative estimate of drug-likeness (QED) is 0.285. The number of hydrogen-bond donors (Lipinski definition) is 1. The van der Waals surface area contributed by atoms with Crippen LogP contribution in [0.4, 0.5) is 16.2 Å². The Kier molecular flexibility index (Phi) is 9.34. The number of anilines is 2. The van der Waals surface area contributed by atoms with E-state index in [4.69, 9.17) is 14.2 Å². The summed E-state index contributed by atoms with van der Waals surface area (Å²) in [6, 6.07) is 21.5. The Hall–Kier alpha value is -3.71. The molecule has 3 aromatic carbocycles. The van der Waals surface area contributed by atoms with Crippen molar-refractivity contribution in [3.63, 3.8) is 0 Å². The van der Waals surface area contributed by atoms with Crippen molar-refractivity contribution in [3.8, 4) is 5.75 Å². The molecule has 264 valence electrons. The molecule has 12 heteroatoms. The Morgan fingerprint density at radius 2 is 1.80 bits per heavy atom. The highest BCUT2D eigenvalue weighted by Crippen LogP contribution is 2.60. The summed E-state index contributed by atoms with van der Waals surface area (Å²) in [6.45, 7) is 8.46. The first kappa shape index (κ1) is 34.7. The number of halogens is 1. The van der Waals surface area contributed by atoms with Gasteiger partial charge in [0.1, 0.15) is 12.4 Å². The van der Waals surface area contributed by atoms with Crippen molar-refractivity contribution in [2.45, 2.75) is 69.1 Å². The minimum Gasteiger partial charge on any atom is -0.497 e. The number of fused-ring (bicyclic) bond motifs is 2. The van der Waals surface area contributed by atoms with Crippen LogP contribution in [-0.4, -0.2) is 81.5 Å². The maximum Gasteiger partial charge on any atom is 0.414 e. The zero-order valence-corrected chi connectivity index (χ0v) is 31.5. The van der Waals surface area contributed by atoms with Gasteiger partial charge in [0, 0.05) is 28.2 Å². The number of methoxy groups -OCH3 is 1. The highest BCUT2D eigenvalue weighted by atomic mass is 79.9. The van der Waals surface area contributed by atoms with Gasteiger partial charge in [0.15, 0.2) is 5.60 Å². The van der Waals surface area contributed by atoms with Gasteiger partial charge in [-0.05, 0) is 66.4 Å². The van der Waals surface area contributed by atoms with Crippen molar-refractivity contribution < 1.29 is 33.7 Å². The van der Waals surface area contributed by atoms with Crippen LogP contribution in [0.1, 0.15) is 37.3 Å². The third-order valence-corrected chi connectivity index (χ3v) is 16.3. The summed E-state index contributed by atoms with van der Waals surface area (Å²) in [6.07, 6.45) is 0.896. The average Bonchev–Trinajstić information content (AvgIpc) is 3.88. The van der Waals surface area contributed by atoms with Crippen molar-refractivity contribution >= 4 is 58.5 Å². The molecule has 7 rings (SSSR count). The molecule has 0 aromatic heterocycles. The largest absolute Gasteiger partial charge is 0.497 e. The second-order valence-corrected chi connectivity index (χ2v) is 20.0. The number of benzene rings is 3. The fourth-order valence-corrected chi connectivity index (χ4v) is 13.2. The average molecular weight is 763 g/mol. The third-order valence-electron chi connectivity index (χ3n) is 11.4. The van der Waals surface area contributed by atoms with Gasteiger partial charge in [0.2, 0.25) is 5.91 Å². The fraction of sp³-hybridized carbons (Fsp3) is 0.447. The van der Waals surface area contributed by atoms with Gasteiger partial charge in [-0.2, -0.15) is 0 Å². The molecule has 0 saturated carbocycles. The van der Waals surface area contributed by atoms with Gasteiger partial charge in [-0.3, -0.25) is 14.5 Å². The lowest BCUT2D eigenvalue weighted by atomic mass is 9.82. The number of carbonyl (C=O) groups excluding carboxylic acids is 3. The number of aliphatic hydroxyl groups excluding tert-OH is 1. The van der Waals surface area contributed by atoms with Gasteiger partial charge >= 0.3 is 6.09 Å². The van der Waals surface area contributed by atoms with Crippen molar-refractivity contribution in [1.29, 1.82) is 0 Å². The van der Waals surface area contributed by atoms with Gasteiger partial charge in [-0.25, -0.2) is 4.79 Å². The summed E-state index contributed by atoms with van der Waals surface area (Å²) in [5, 5.41) is 11.2. The van der Waals surface area contributed by atoms with Crippen LogP contribution in [0.25, 0.3) is 0 Å². The van der Waals surface area contributed by atoms with Crippen molar-refractivity contribution in [2.24, 2.45) is 5.92 Å². The van der Waals surface area contributed by atoms with E-state index in [1.807, 2.05) is 59.5 Å².